The van der Waals surface area contributed by atoms with Gasteiger partial charge in [0, 0.05) is 0 Å². The smallest absolute Gasteiger partial charge is 0.165 e. The fraction of sp³-hybridized carbons (Fsp3) is 0.267. The summed E-state index contributed by atoms with van der Waals surface area (Å²) >= 11 is 0. The molecule has 0 amide bonds. The third-order valence-corrected chi connectivity index (χ3v) is 3.41. The van der Waals surface area contributed by atoms with Crippen LogP contribution < -0.4 is 10.5 Å². The van der Waals surface area contributed by atoms with Crippen LogP contribution in [-0.4, -0.2) is 12.1 Å². The third kappa shape index (κ3) is 2.49. The van der Waals surface area contributed by atoms with Gasteiger partial charge in [0.05, 0.1) is 24.5 Å². The number of rotatable bonds is 4. The number of nitrogens with two attached hydrogens (primary N) is 1. The Morgan fingerprint density at radius 1 is 1.25 bits per heavy atom. The van der Waals surface area contributed by atoms with Gasteiger partial charge < -0.3 is 10.5 Å². The molecule has 1 aromatic carbocycles. The molecule has 0 saturated carbocycles. The molecule has 2 rings (SSSR count). The molecular weight excluding hydrogens is 262 g/mol. The number of aromatic nitrogens is 1. The van der Waals surface area contributed by atoms with Crippen molar-refractivity contribution >= 4 is 0 Å². The van der Waals surface area contributed by atoms with Gasteiger partial charge in [-0.05, 0) is 36.2 Å². The fourth-order valence-electron chi connectivity index (χ4n) is 2.12. The Labute approximate surface area is 116 Å². The zero-order valence-corrected chi connectivity index (χ0v) is 11.4. The molecule has 20 heavy (non-hydrogen) atoms. The Kier molecular flexibility index (Phi) is 3.99. The lowest BCUT2D eigenvalue weighted by atomic mass is 9.84. The first-order chi connectivity index (χ1) is 9.51. The van der Waals surface area contributed by atoms with Crippen molar-refractivity contribution in [3.8, 4) is 5.75 Å². The van der Waals surface area contributed by atoms with E-state index in [0.29, 0.717) is 17.7 Å². The highest BCUT2D eigenvalue weighted by molar-refractivity contribution is 5.38. The van der Waals surface area contributed by atoms with E-state index in [1.54, 1.807) is 6.07 Å². The van der Waals surface area contributed by atoms with E-state index in [2.05, 4.69) is 4.98 Å². The molecule has 0 radical (unpaired) electrons. The summed E-state index contributed by atoms with van der Waals surface area (Å²) in [5.74, 6) is -0.775. The van der Waals surface area contributed by atoms with Crippen LogP contribution in [0, 0.1) is 11.6 Å². The van der Waals surface area contributed by atoms with E-state index in [9.17, 15) is 8.78 Å². The van der Waals surface area contributed by atoms with Crippen LogP contribution in [0.2, 0.25) is 0 Å². The predicted octanol–water partition coefficient (Wildman–Crippen LogP) is 2.98. The van der Waals surface area contributed by atoms with E-state index in [-0.39, 0.29) is 5.75 Å². The number of benzene rings is 1. The number of hydrogen-bond donors (Lipinski definition) is 1. The average Bonchev–Trinajstić information content (AvgIpc) is 2.47. The number of halogens is 2. The van der Waals surface area contributed by atoms with Crippen molar-refractivity contribution in [1.29, 1.82) is 0 Å². The molecule has 0 aliphatic carbocycles. The quantitative estimate of drug-likeness (QED) is 0.935. The average molecular weight is 278 g/mol. The molecule has 0 aliphatic rings. The van der Waals surface area contributed by atoms with E-state index in [1.807, 2.05) is 6.92 Å². The van der Waals surface area contributed by atoms with E-state index < -0.39 is 17.2 Å². The van der Waals surface area contributed by atoms with Crippen molar-refractivity contribution in [1.82, 2.24) is 4.98 Å². The van der Waals surface area contributed by atoms with Crippen LogP contribution in [0.25, 0.3) is 0 Å². The summed E-state index contributed by atoms with van der Waals surface area (Å²) in [7, 11) is 1.40. The summed E-state index contributed by atoms with van der Waals surface area (Å²) in [5.41, 5.74) is 6.45. The van der Waals surface area contributed by atoms with Crippen molar-refractivity contribution in [2.75, 3.05) is 7.11 Å². The molecule has 0 aliphatic heterocycles. The molecule has 0 saturated heterocycles. The van der Waals surface area contributed by atoms with Crippen LogP contribution in [0.15, 0.2) is 36.5 Å². The van der Waals surface area contributed by atoms with Crippen molar-refractivity contribution in [3.05, 3.63) is 59.4 Å². The van der Waals surface area contributed by atoms with Crippen molar-refractivity contribution in [2.24, 2.45) is 5.73 Å². The minimum absolute atomic E-state index is 0.152. The minimum Gasteiger partial charge on any atom is -0.494 e. The first kappa shape index (κ1) is 14.4. The highest BCUT2D eigenvalue weighted by atomic mass is 19.1. The molecule has 0 fully saturated rings. The van der Waals surface area contributed by atoms with E-state index in [4.69, 9.17) is 10.5 Å². The van der Waals surface area contributed by atoms with Gasteiger partial charge in [0.1, 0.15) is 5.82 Å². The molecule has 2 aromatic rings. The zero-order valence-electron chi connectivity index (χ0n) is 11.4. The molecule has 2 N–H and O–H groups in total. The fourth-order valence-corrected chi connectivity index (χ4v) is 2.12. The third-order valence-electron chi connectivity index (χ3n) is 3.41. The van der Waals surface area contributed by atoms with Gasteiger partial charge in [0.15, 0.2) is 11.6 Å². The molecular formula is C15H16F2N2O. The van der Waals surface area contributed by atoms with E-state index >= 15 is 0 Å². The number of hydrogen-bond acceptors (Lipinski definition) is 3. The number of nitrogens with zero attached hydrogens (tertiary/aromatic N) is 1. The van der Waals surface area contributed by atoms with Gasteiger partial charge in [-0.2, -0.15) is 0 Å². The maximum Gasteiger partial charge on any atom is 0.165 e. The van der Waals surface area contributed by atoms with Crippen LogP contribution in [0.4, 0.5) is 8.78 Å². The summed E-state index contributed by atoms with van der Waals surface area (Å²) in [6.07, 6.45) is 1.60. The van der Waals surface area contributed by atoms with Crippen LogP contribution in [0.5, 0.6) is 5.75 Å². The molecule has 0 bridgehead atoms. The molecule has 3 nitrogen and oxygen atoms in total. The number of pyridine rings is 1. The van der Waals surface area contributed by atoms with E-state index in [1.165, 1.54) is 31.4 Å². The van der Waals surface area contributed by atoms with Crippen LogP contribution >= 0.6 is 0 Å². The SMILES string of the molecule is CCC(N)(c1ccc(OC)c(F)c1)c1ccc(F)cn1. The van der Waals surface area contributed by atoms with Gasteiger partial charge in [-0.1, -0.05) is 13.0 Å². The predicted molar refractivity (Wildman–Crippen MR) is 72.4 cm³/mol. The van der Waals surface area contributed by atoms with Crippen LogP contribution in [0.3, 0.4) is 0 Å². The van der Waals surface area contributed by atoms with Crippen LogP contribution in [0.1, 0.15) is 24.6 Å². The Balaban J connectivity index is 2.50. The lowest BCUT2D eigenvalue weighted by Gasteiger charge is -2.28. The molecule has 5 heteroatoms. The summed E-state index contributed by atoms with van der Waals surface area (Å²) in [6, 6.07) is 7.34. The van der Waals surface area contributed by atoms with Crippen molar-refractivity contribution in [2.45, 2.75) is 18.9 Å². The second-order valence-electron chi connectivity index (χ2n) is 4.54. The molecule has 1 heterocycles. The molecule has 106 valence electrons. The van der Waals surface area contributed by atoms with Gasteiger partial charge in [-0.25, -0.2) is 8.78 Å². The first-order valence-corrected chi connectivity index (χ1v) is 6.26. The molecule has 1 atom stereocenters. The topological polar surface area (TPSA) is 48.1 Å². The summed E-state index contributed by atoms with van der Waals surface area (Å²) in [4.78, 5) is 4.02. The van der Waals surface area contributed by atoms with Crippen LogP contribution in [-0.2, 0) is 5.54 Å². The molecule has 1 unspecified atom stereocenters. The lowest BCUT2D eigenvalue weighted by Crippen LogP contribution is -2.38. The second kappa shape index (κ2) is 5.54. The maximum absolute atomic E-state index is 13.8. The second-order valence-corrected chi connectivity index (χ2v) is 4.54. The minimum atomic E-state index is -0.971. The Hall–Kier alpha value is -2.01. The highest BCUT2D eigenvalue weighted by Gasteiger charge is 2.30. The Morgan fingerprint density at radius 3 is 2.50 bits per heavy atom. The summed E-state index contributed by atoms with van der Waals surface area (Å²) in [5, 5.41) is 0. The van der Waals surface area contributed by atoms with Gasteiger partial charge in [-0.15, -0.1) is 0 Å². The Morgan fingerprint density at radius 2 is 2.00 bits per heavy atom. The molecule has 0 spiro atoms. The monoisotopic (exact) mass is 278 g/mol. The maximum atomic E-state index is 13.8. The zero-order chi connectivity index (χ0) is 14.8. The Bertz CT molecular complexity index is 601. The van der Waals surface area contributed by atoms with Gasteiger partial charge in [0.2, 0.25) is 0 Å². The van der Waals surface area contributed by atoms with Gasteiger partial charge in [-0.3, -0.25) is 4.98 Å². The van der Waals surface area contributed by atoms with Crippen molar-refractivity contribution < 1.29 is 13.5 Å². The van der Waals surface area contributed by atoms with Gasteiger partial charge >= 0.3 is 0 Å². The summed E-state index contributed by atoms with van der Waals surface area (Å²) in [6.45, 7) is 1.87. The largest absolute Gasteiger partial charge is 0.494 e. The highest BCUT2D eigenvalue weighted by Crippen LogP contribution is 2.31. The molecule has 1 aromatic heterocycles. The van der Waals surface area contributed by atoms with Crippen molar-refractivity contribution in [3.63, 3.8) is 0 Å². The number of methoxy groups -OCH3 is 1. The first-order valence-electron chi connectivity index (χ1n) is 6.26. The standard InChI is InChI=1S/C15H16F2N2O/c1-3-15(18,14-7-5-11(16)9-19-14)10-4-6-13(20-2)12(17)8-10/h4-9H,3,18H2,1-2H3. The summed E-state index contributed by atoms with van der Waals surface area (Å²) < 4.78 is 31.7. The number of ether oxygens (including phenoxy) is 1. The normalized spacial score (nSPS) is 13.8. The lowest BCUT2D eigenvalue weighted by molar-refractivity contribution is 0.384. The van der Waals surface area contributed by atoms with E-state index in [0.717, 1.165) is 6.20 Å². The van der Waals surface area contributed by atoms with Gasteiger partial charge in [0.25, 0.3) is 0 Å².